The van der Waals surface area contributed by atoms with E-state index in [0.29, 0.717) is 22.4 Å². The number of thioether (sulfide) groups is 1. The summed E-state index contributed by atoms with van der Waals surface area (Å²) in [5.74, 6) is 1.54. The maximum Gasteiger partial charge on any atom is 0.234 e. The van der Waals surface area contributed by atoms with E-state index in [1.807, 2.05) is 24.3 Å². The molecule has 28 heavy (non-hydrogen) atoms. The van der Waals surface area contributed by atoms with Gasteiger partial charge in [-0.2, -0.15) is 0 Å². The van der Waals surface area contributed by atoms with Crippen LogP contribution in [-0.4, -0.2) is 33.5 Å². The Morgan fingerprint density at radius 1 is 1.18 bits per heavy atom. The zero-order valence-electron chi connectivity index (χ0n) is 15.4. The van der Waals surface area contributed by atoms with Crippen LogP contribution in [0.1, 0.15) is 5.82 Å². The Balaban J connectivity index is 1.51. The summed E-state index contributed by atoms with van der Waals surface area (Å²) in [6, 6.07) is 13.0. The molecule has 2 aromatic carbocycles. The lowest BCUT2D eigenvalue weighted by Crippen LogP contribution is -2.14. The Morgan fingerprint density at radius 2 is 1.93 bits per heavy atom. The third-order valence-corrected chi connectivity index (χ3v) is 4.81. The van der Waals surface area contributed by atoms with Gasteiger partial charge < -0.3 is 19.4 Å². The number of nitrogens with one attached hydrogen (secondary N) is 1. The molecular formula is C19H19FN4O3S. The number of methoxy groups -OCH3 is 1. The van der Waals surface area contributed by atoms with Gasteiger partial charge >= 0.3 is 0 Å². The molecule has 0 fully saturated rings. The lowest BCUT2D eigenvalue weighted by molar-refractivity contribution is -0.113. The predicted molar refractivity (Wildman–Crippen MR) is 104 cm³/mol. The number of nitrogens with zero attached hydrogens (tertiary/aromatic N) is 3. The molecule has 0 bridgehead atoms. The second-order valence-electron chi connectivity index (χ2n) is 5.77. The van der Waals surface area contributed by atoms with Gasteiger partial charge in [-0.3, -0.25) is 4.79 Å². The summed E-state index contributed by atoms with van der Waals surface area (Å²) >= 11 is 1.24. The number of carbonyl (C=O) groups excluding carboxylic acids is 1. The van der Waals surface area contributed by atoms with E-state index in [4.69, 9.17) is 9.47 Å². The van der Waals surface area contributed by atoms with Crippen LogP contribution in [0.4, 0.5) is 10.1 Å². The molecule has 0 atom stereocenters. The Hall–Kier alpha value is -3.07. The minimum atomic E-state index is -0.403. The lowest BCUT2D eigenvalue weighted by Gasteiger charge is -2.07. The first-order valence-corrected chi connectivity index (χ1v) is 9.37. The molecule has 3 aromatic rings. The zero-order valence-corrected chi connectivity index (χ0v) is 16.2. The first-order valence-electron chi connectivity index (χ1n) is 8.38. The first-order chi connectivity index (χ1) is 13.5. The van der Waals surface area contributed by atoms with Crippen molar-refractivity contribution in [2.24, 2.45) is 7.05 Å². The summed E-state index contributed by atoms with van der Waals surface area (Å²) in [7, 11) is 3.41. The van der Waals surface area contributed by atoms with E-state index in [-0.39, 0.29) is 18.3 Å². The molecule has 0 unspecified atom stereocenters. The van der Waals surface area contributed by atoms with Gasteiger partial charge in [-0.1, -0.05) is 17.8 Å². The van der Waals surface area contributed by atoms with E-state index in [2.05, 4.69) is 15.5 Å². The second-order valence-corrected chi connectivity index (χ2v) is 6.71. The van der Waals surface area contributed by atoms with Crippen LogP contribution in [0.5, 0.6) is 11.5 Å². The van der Waals surface area contributed by atoms with Crippen LogP contribution < -0.4 is 14.8 Å². The standard InChI is InChI=1S/C19H19FN4O3S/c1-24-17(11-27-16-8-6-15(26-2)7-9-16)22-23-19(24)28-12-18(25)21-14-5-3-4-13(20)10-14/h3-10H,11-12H2,1-2H3,(H,21,25). The highest BCUT2D eigenvalue weighted by atomic mass is 32.2. The predicted octanol–water partition coefficient (Wildman–Crippen LogP) is 3.27. The van der Waals surface area contributed by atoms with E-state index in [1.54, 1.807) is 24.8 Å². The van der Waals surface area contributed by atoms with Crippen LogP contribution in [0.2, 0.25) is 0 Å². The Morgan fingerprint density at radius 3 is 2.64 bits per heavy atom. The number of rotatable bonds is 8. The zero-order chi connectivity index (χ0) is 19.9. The summed E-state index contributed by atoms with van der Waals surface area (Å²) in [4.78, 5) is 12.0. The molecule has 7 nitrogen and oxygen atoms in total. The monoisotopic (exact) mass is 402 g/mol. The number of carbonyl (C=O) groups is 1. The number of halogens is 1. The number of benzene rings is 2. The number of hydrogen-bond donors (Lipinski definition) is 1. The molecule has 0 saturated carbocycles. The van der Waals surface area contributed by atoms with Gasteiger partial charge in [0, 0.05) is 12.7 Å². The Bertz CT molecular complexity index is 947. The van der Waals surface area contributed by atoms with Crippen LogP contribution in [0, 0.1) is 5.82 Å². The van der Waals surface area contributed by atoms with Crippen molar-refractivity contribution in [2.45, 2.75) is 11.8 Å². The minimum absolute atomic E-state index is 0.127. The molecule has 146 valence electrons. The highest BCUT2D eigenvalue weighted by Gasteiger charge is 2.12. The molecule has 0 saturated heterocycles. The van der Waals surface area contributed by atoms with E-state index >= 15 is 0 Å². The number of anilines is 1. The Kier molecular flexibility index (Phi) is 6.49. The fraction of sp³-hybridized carbons (Fsp3) is 0.211. The molecule has 0 aliphatic heterocycles. The molecule has 9 heteroatoms. The average Bonchev–Trinajstić information content (AvgIpc) is 3.05. The van der Waals surface area contributed by atoms with Gasteiger partial charge in [0.25, 0.3) is 0 Å². The second kappa shape index (κ2) is 9.23. The highest BCUT2D eigenvalue weighted by Crippen LogP contribution is 2.20. The molecular weight excluding hydrogens is 383 g/mol. The molecule has 1 heterocycles. The number of aromatic nitrogens is 3. The van der Waals surface area contributed by atoms with E-state index in [0.717, 1.165) is 5.75 Å². The third kappa shape index (κ3) is 5.23. The van der Waals surface area contributed by atoms with E-state index < -0.39 is 5.82 Å². The Labute approximate surface area is 165 Å². The highest BCUT2D eigenvalue weighted by molar-refractivity contribution is 7.99. The van der Waals surface area contributed by atoms with Crippen molar-refractivity contribution < 1.29 is 18.7 Å². The van der Waals surface area contributed by atoms with Crippen LogP contribution in [-0.2, 0) is 18.4 Å². The molecule has 1 aromatic heterocycles. The van der Waals surface area contributed by atoms with Gasteiger partial charge in [0.2, 0.25) is 5.91 Å². The van der Waals surface area contributed by atoms with Crippen molar-refractivity contribution in [3.63, 3.8) is 0 Å². The number of amides is 1. The molecule has 0 aliphatic rings. The smallest absolute Gasteiger partial charge is 0.234 e. The van der Waals surface area contributed by atoms with Crippen LogP contribution >= 0.6 is 11.8 Å². The van der Waals surface area contributed by atoms with Crippen LogP contribution in [0.15, 0.2) is 53.7 Å². The summed E-state index contributed by atoms with van der Waals surface area (Å²) in [5, 5.41) is 11.4. The number of ether oxygens (including phenoxy) is 2. The molecule has 0 radical (unpaired) electrons. The van der Waals surface area contributed by atoms with Crippen molar-refractivity contribution in [1.29, 1.82) is 0 Å². The van der Waals surface area contributed by atoms with Gasteiger partial charge in [0.15, 0.2) is 11.0 Å². The van der Waals surface area contributed by atoms with Gasteiger partial charge in [-0.15, -0.1) is 10.2 Å². The van der Waals surface area contributed by atoms with E-state index in [9.17, 15) is 9.18 Å². The van der Waals surface area contributed by atoms with Crippen LogP contribution in [0.3, 0.4) is 0 Å². The summed E-state index contributed by atoms with van der Waals surface area (Å²) in [6.07, 6.45) is 0. The van der Waals surface area contributed by atoms with Gasteiger partial charge in [0.05, 0.1) is 12.9 Å². The van der Waals surface area contributed by atoms with Gasteiger partial charge in [-0.05, 0) is 42.5 Å². The number of hydrogen-bond acceptors (Lipinski definition) is 6. The molecule has 0 spiro atoms. The fourth-order valence-electron chi connectivity index (χ4n) is 2.31. The third-order valence-electron chi connectivity index (χ3n) is 3.79. The molecule has 0 aliphatic carbocycles. The van der Waals surface area contributed by atoms with Crippen molar-refractivity contribution in [3.8, 4) is 11.5 Å². The van der Waals surface area contributed by atoms with Gasteiger partial charge in [0.1, 0.15) is 23.9 Å². The van der Waals surface area contributed by atoms with Crippen LogP contribution in [0.25, 0.3) is 0 Å². The van der Waals surface area contributed by atoms with Gasteiger partial charge in [-0.25, -0.2) is 4.39 Å². The molecule has 1 N–H and O–H groups in total. The van der Waals surface area contributed by atoms with Crippen molar-refractivity contribution in [1.82, 2.24) is 14.8 Å². The quantitative estimate of drug-likeness (QED) is 0.583. The SMILES string of the molecule is COc1ccc(OCc2nnc(SCC(=O)Nc3cccc(F)c3)n2C)cc1. The largest absolute Gasteiger partial charge is 0.497 e. The van der Waals surface area contributed by atoms with Crippen molar-refractivity contribution in [2.75, 3.05) is 18.2 Å². The lowest BCUT2D eigenvalue weighted by atomic mass is 10.3. The summed E-state index contributed by atoms with van der Waals surface area (Å²) in [6.45, 7) is 0.242. The van der Waals surface area contributed by atoms with E-state index in [1.165, 1.54) is 30.0 Å². The fourth-order valence-corrected chi connectivity index (χ4v) is 3.04. The van der Waals surface area contributed by atoms with Crippen molar-refractivity contribution in [3.05, 3.63) is 60.2 Å². The maximum absolute atomic E-state index is 13.2. The maximum atomic E-state index is 13.2. The minimum Gasteiger partial charge on any atom is -0.497 e. The average molecular weight is 402 g/mol. The summed E-state index contributed by atoms with van der Waals surface area (Å²) < 4.78 is 25.7. The normalized spacial score (nSPS) is 10.5. The topological polar surface area (TPSA) is 78.3 Å². The molecule has 3 rings (SSSR count). The first kappa shape index (κ1) is 19.7. The summed E-state index contributed by atoms with van der Waals surface area (Å²) in [5.41, 5.74) is 0.414. The molecule has 1 amide bonds. The van der Waals surface area contributed by atoms with Crippen molar-refractivity contribution >= 4 is 23.4 Å².